The lowest BCUT2D eigenvalue weighted by molar-refractivity contribution is -0.133. The predicted octanol–water partition coefficient (Wildman–Crippen LogP) is 2.17. The molecule has 154 valence electrons. The third kappa shape index (κ3) is 3.91. The van der Waals surface area contributed by atoms with Crippen LogP contribution < -0.4 is 5.56 Å². The zero-order valence-corrected chi connectivity index (χ0v) is 16.7. The van der Waals surface area contributed by atoms with Gasteiger partial charge in [-0.25, -0.2) is 9.37 Å². The van der Waals surface area contributed by atoms with Gasteiger partial charge in [0.1, 0.15) is 12.4 Å². The molecule has 2 aromatic carbocycles. The van der Waals surface area contributed by atoms with Crippen LogP contribution >= 0.6 is 11.6 Å². The van der Waals surface area contributed by atoms with E-state index in [0.29, 0.717) is 37.2 Å². The molecular weight excluding hydrogens is 411 g/mol. The SMILES string of the molecule is O=C(Cn1c(=O)cnc2ccccc21)N1CCN(C(=O)c2ccc(F)cc2Cl)CC1. The Morgan fingerprint density at radius 2 is 1.73 bits per heavy atom. The molecule has 9 heteroatoms. The van der Waals surface area contributed by atoms with E-state index in [1.807, 2.05) is 6.07 Å². The molecular formula is C21H18ClFN4O3. The molecule has 3 aromatic rings. The number of rotatable bonds is 3. The Kier molecular flexibility index (Phi) is 5.50. The fourth-order valence-electron chi connectivity index (χ4n) is 3.51. The van der Waals surface area contributed by atoms with Gasteiger partial charge in [0.05, 0.1) is 27.8 Å². The summed E-state index contributed by atoms with van der Waals surface area (Å²) in [7, 11) is 0. The lowest BCUT2D eigenvalue weighted by atomic mass is 10.1. The minimum Gasteiger partial charge on any atom is -0.338 e. The van der Waals surface area contributed by atoms with E-state index in [0.717, 1.165) is 6.07 Å². The Labute approximate surface area is 176 Å². The molecule has 4 rings (SSSR count). The maximum atomic E-state index is 13.2. The van der Waals surface area contributed by atoms with E-state index in [-0.39, 0.29) is 34.5 Å². The van der Waals surface area contributed by atoms with Gasteiger partial charge in [-0.2, -0.15) is 0 Å². The molecule has 1 saturated heterocycles. The molecule has 1 aromatic heterocycles. The molecule has 0 atom stereocenters. The summed E-state index contributed by atoms with van der Waals surface area (Å²) in [5.41, 5.74) is 1.11. The second-order valence-electron chi connectivity index (χ2n) is 6.97. The topological polar surface area (TPSA) is 75.5 Å². The molecule has 7 nitrogen and oxygen atoms in total. The number of carbonyl (C=O) groups excluding carboxylic acids is 2. The quantitative estimate of drug-likeness (QED) is 0.640. The first kappa shape index (κ1) is 20.0. The average Bonchev–Trinajstić information content (AvgIpc) is 2.75. The minimum atomic E-state index is -0.508. The second kappa shape index (κ2) is 8.23. The van der Waals surface area contributed by atoms with Gasteiger partial charge >= 0.3 is 0 Å². The van der Waals surface area contributed by atoms with Gasteiger partial charge in [-0.15, -0.1) is 0 Å². The van der Waals surface area contributed by atoms with Gasteiger partial charge in [0, 0.05) is 26.2 Å². The summed E-state index contributed by atoms with van der Waals surface area (Å²) in [6.07, 6.45) is 1.21. The van der Waals surface area contributed by atoms with E-state index >= 15 is 0 Å². The van der Waals surface area contributed by atoms with Crippen LogP contribution in [0.15, 0.2) is 53.5 Å². The Bertz CT molecular complexity index is 1190. The van der Waals surface area contributed by atoms with Gasteiger partial charge < -0.3 is 9.80 Å². The van der Waals surface area contributed by atoms with E-state index in [1.54, 1.807) is 28.0 Å². The molecule has 1 fully saturated rings. The average molecular weight is 429 g/mol. The Balaban J connectivity index is 1.43. The number of nitrogens with zero attached hydrogens (tertiary/aromatic N) is 4. The molecule has 0 aliphatic carbocycles. The third-order valence-corrected chi connectivity index (χ3v) is 5.44. The fourth-order valence-corrected chi connectivity index (χ4v) is 3.75. The van der Waals surface area contributed by atoms with E-state index in [9.17, 15) is 18.8 Å². The van der Waals surface area contributed by atoms with E-state index in [2.05, 4.69) is 4.98 Å². The van der Waals surface area contributed by atoms with E-state index in [1.165, 1.54) is 22.9 Å². The number of hydrogen-bond donors (Lipinski definition) is 0. The standard InChI is InChI=1S/C21H18ClFN4O3/c22-16-11-14(23)5-6-15(16)21(30)26-9-7-25(8-10-26)20(29)13-27-18-4-2-1-3-17(18)24-12-19(27)28/h1-6,11-12H,7-10,13H2. The van der Waals surface area contributed by atoms with Crippen molar-refractivity contribution < 1.29 is 14.0 Å². The molecule has 2 amide bonds. The molecule has 0 unspecified atom stereocenters. The highest BCUT2D eigenvalue weighted by molar-refractivity contribution is 6.33. The Morgan fingerprint density at radius 1 is 1.03 bits per heavy atom. The molecule has 1 aliphatic rings. The number of carbonyl (C=O) groups is 2. The largest absolute Gasteiger partial charge is 0.338 e. The highest BCUT2D eigenvalue weighted by atomic mass is 35.5. The molecule has 0 bridgehead atoms. The number of hydrogen-bond acceptors (Lipinski definition) is 4. The van der Waals surface area contributed by atoms with Crippen molar-refractivity contribution in [2.24, 2.45) is 0 Å². The van der Waals surface area contributed by atoms with Crippen LogP contribution in [0.2, 0.25) is 5.02 Å². The first-order chi connectivity index (χ1) is 14.4. The van der Waals surface area contributed by atoms with Crippen LogP contribution in [0.25, 0.3) is 11.0 Å². The maximum absolute atomic E-state index is 13.2. The van der Waals surface area contributed by atoms with Crippen molar-refractivity contribution in [3.05, 3.63) is 75.4 Å². The lowest BCUT2D eigenvalue weighted by Gasteiger charge is -2.35. The number of halogens is 2. The number of fused-ring (bicyclic) bond motifs is 1. The second-order valence-corrected chi connectivity index (χ2v) is 7.38. The van der Waals surface area contributed by atoms with Crippen molar-refractivity contribution in [2.75, 3.05) is 26.2 Å². The van der Waals surface area contributed by atoms with E-state index in [4.69, 9.17) is 11.6 Å². The number of para-hydroxylation sites is 2. The van der Waals surface area contributed by atoms with Crippen molar-refractivity contribution in [3.63, 3.8) is 0 Å². The lowest BCUT2D eigenvalue weighted by Crippen LogP contribution is -2.51. The molecule has 0 spiro atoms. The molecule has 0 radical (unpaired) electrons. The summed E-state index contributed by atoms with van der Waals surface area (Å²) in [5.74, 6) is -1.02. The summed E-state index contributed by atoms with van der Waals surface area (Å²) >= 11 is 5.99. The maximum Gasteiger partial charge on any atom is 0.269 e. The number of piperazine rings is 1. The van der Waals surface area contributed by atoms with Crippen molar-refractivity contribution in [1.82, 2.24) is 19.4 Å². The smallest absolute Gasteiger partial charge is 0.269 e. The van der Waals surface area contributed by atoms with Crippen molar-refractivity contribution in [2.45, 2.75) is 6.54 Å². The van der Waals surface area contributed by atoms with Crippen molar-refractivity contribution in [3.8, 4) is 0 Å². The highest BCUT2D eigenvalue weighted by Crippen LogP contribution is 2.20. The first-order valence-electron chi connectivity index (χ1n) is 9.41. The normalized spacial score (nSPS) is 14.2. The predicted molar refractivity (Wildman–Crippen MR) is 110 cm³/mol. The van der Waals surface area contributed by atoms with Crippen LogP contribution in [0.3, 0.4) is 0 Å². The van der Waals surface area contributed by atoms with Gasteiger partial charge in [-0.1, -0.05) is 23.7 Å². The van der Waals surface area contributed by atoms with Crippen molar-refractivity contribution in [1.29, 1.82) is 0 Å². The van der Waals surface area contributed by atoms with Crippen LogP contribution in [0.4, 0.5) is 4.39 Å². The van der Waals surface area contributed by atoms with Crippen molar-refractivity contribution >= 4 is 34.4 Å². The number of benzene rings is 2. The zero-order valence-electron chi connectivity index (χ0n) is 15.9. The number of aromatic nitrogens is 2. The monoisotopic (exact) mass is 428 g/mol. The van der Waals surface area contributed by atoms with Gasteiger partial charge in [0.15, 0.2) is 0 Å². The van der Waals surface area contributed by atoms with Gasteiger partial charge in [0.25, 0.3) is 11.5 Å². The fraction of sp³-hybridized carbons (Fsp3) is 0.238. The molecule has 1 aliphatic heterocycles. The summed E-state index contributed by atoms with van der Waals surface area (Å²) in [6, 6.07) is 10.8. The van der Waals surface area contributed by atoms with Crippen LogP contribution in [0, 0.1) is 5.82 Å². The zero-order chi connectivity index (χ0) is 21.3. The summed E-state index contributed by atoms with van der Waals surface area (Å²) in [5, 5.41) is 0.0578. The molecule has 30 heavy (non-hydrogen) atoms. The summed E-state index contributed by atoms with van der Waals surface area (Å²) in [4.78, 5) is 45.0. The minimum absolute atomic E-state index is 0.0578. The Hall–Kier alpha value is -3.26. The van der Waals surface area contributed by atoms with Crippen LogP contribution in [0.1, 0.15) is 10.4 Å². The Morgan fingerprint density at radius 3 is 2.47 bits per heavy atom. The van der Waals surface area contributed by atoms with Crippen LogP contribution in [0.5, 0.6) is 0 Å². The molecule has 0 saturated carbocycles. The van der Waals surface area contributed by atoms with Crippen LogP contribution in [-0.4, -0.2) is 57.3 Å². The molecule has 0 N–H and O–H groups in total. The number of amides is 2. The van der Waals surface area contributed by atoms with Gasteiger partial charge in [-0.3, -0.25) is 19.0 Å². The summed E-state index contributed by atoms with van der Waals surface area (Å²) < 4.78 is 14.6. The summed E-state index contributed by atoms with van der Waals surface area (Å²) in [6.45, 7) is 1.22. The van der Waals surface area contributed by atoms with Gasteiger partial charge in [0.2, 0.25) is 5.91 Å². The van der Waals surface area contributed by atoms with Gasteiger partial charge in [-0.05, 0) is 30.3 Å². The first-order valence-corrected chi connectivity index (χ1v) is 9.78. The highest BCUT2D eigenvalue weighted by Gasteiger charge is 2.26. The third-order valence-electron chi connectivity index (χ3n) is 5.13. The molecule has 2 heterocycles. The van der Waals surface area contributed by atoms with Crippen LogP contribution in [-0.2, 0) is 11.3 Å². The van der Waals surface area contributed by atoms with E-state index < -0.39 is 5.82 Å².